The third kappa shape index (κ3) is 6.86. The van der Waals surface area contributed by atoms with E-state index in [1.807, 2.05) is 18.2 Å². The highest BCUT2D eigenvalue weighted by molar-refractivity contribution is 5.86. The first-order valence-corrected chi connectivity index (χ1v) is 7.25. The average Bonchev–Trinajstić information content (AvgIpc) is 2.52. The standard InChI is InChI=1S/C17H23NO5/c1-12(2)9-17(20)23-11-16(19)18-8-7-13-5-6-14(21-3)15(10-13)22-4/h5-6,9-10H,7-8,11H2,1-4H3,(H,18,19). The summed E-state index contributed by atoms with van der Waals surface area (Å²) in [5.74, 6) is 0.458. The van der Waals surface area contributed by atoms with Crippen LogP contribution in [0.5, 0.6) is 11.5 Å². The van der Waals surface area contributed by atoms with Crippen molar-refractivity contribution >= 4 is 11.9 Å². The Labute approximate surface area is 136 Å². The molecule has 1 aromatic carbocycles. The fourth-order valence-electron chi connectivity index (χ4n) is 1.85. The zero-order chi connectivity index (χ0) is 17.2. The van der Waals surface area contributed by atoms with Gasteiger partial charge in [-0.15, -0.1) is 0 Å². The molecular weight excluding hydrogens is 298 g/mol. The molecule has 6 heteroatoms. The number of carbonyl (C=O) groups excluding carboxylic acids is 2. The van der Waals surface area contributed by atoms with Gasteiger partial charge in [0.15, 0.2) is 18.1 Å². The Morgan fingerprint density at radius 1 is 1.13 bits per heavy atom. The molecular formula is C17H23NO5. The molecule has 1 aromatic rings. The van der Waals surface area contributed by atoms with E-state index in [9.17, 15) is 9.59 Å². The van der Waals surface area contributed by atoms with Crippen molar-refractivity contribution in [2.24, 2.45) is 0 Å². The van der Waals surface area contributed by atoms with Gasteiger partial charge in [0.25, 0.3) is 5.91 Å². The van der Waals surface area contributed by atoms with Crippen molar-refractivity contribution in [3.8, 4) is 11.5 Å². The largest absolute Gasteiger partial charge is 0.493 e. The van der Waals surface area contributed by atoms with E-state index in [1.165, 1.54) is 6.08 Å². The molecule has 0 unspecified atom stereocenters. The lowest BCUT2D eigenvalue weighted by Gasteiger charge is -2.10. The summed E-state index contributed by atoms with van der Waals surface area (Å²) in [6.45, 7) is 3.72. The Morgan fingerprint density at radius 3 is 2.43 bits per heavy atom. The predicted octanol–water partition coefficient (Wildman–Crippen LogP) is 1.87. The molecule has 0 heterocycles. The van der Waals surface area contributed by atoms with Gasteiger partial charge in [-0.3, -0.25) is 4.79 Å². The monoisotopic (exact) mass is 321 g/mol. The van der Waals surface area contributed by atoms with Gasteiger partial charge in [-0.25, -0.2) is 4.79 Å². The number of nitrogens with one attached hydrogen (secondary N) is 1. The van der Waals surface area contributed by atoms with Gasteiger partial charge < -0.3 is 19.5 Å². The van der Waals surface area contributed by atoms with Crippen LogP contribution in [0.15, 0.2) is 29.8 Å². The van der Waals surface area contributed by atoms with E-state index in [4.69, 9.17) is 14.2 Å². The zero-order valence-corrected chi connectivity index (χ0v) is 14.0. The molecule has 0 spiro atoms. The van der Waals surface area contributed by atoms with Crippen molar-refractivity contribution in [1.29, 1.82) is 0 Å². The molecule has 0 saturated heterocycles. The van der Waals surface area contributed by atoms with Crippen molar-refractivity contribution < 1.29 is 23.8 Å². The van der Waals surface area contributed by atoms with Crippen molar-refractivity contribution in [2.45, 2.75) is 20.3 Å². The normalized spacial score (nSPS) is 9.74. The van der Waals surface area contributed by atoms with E-state index in [1.54, 1.807) is 28.1 Å². The second kappa shape index (κ2) is 9.50. The Morgan fingerprint density at radius 2 is 1.83 bits per heavy atom. The SMILES string of the molecule is COc1ccc(CCNC(=O)COC(=O)C=C(C)C)cc1OC. The second-order valence-electron chi connectivity index (χ2n) is 5.12. The molecule has 1 rings (SSSR count). The number of rotatable bonds is 8. The lowest BCUT2D eigenvalue weighted by molar-refractivity contribution is -0.143. The molecule has 126 valence electrons. The number of benzene rings is 1. The van der Waals surface area contributed by atoms with Gasteiger partial charge >= 0.3 is 5.97 Å². The van der Waals surface area contributed by atoms with Crippen LogP contribution in [0.4, 0.5) is 0 Å². The highest BCUT2D eigenvalue weighted by atomic mass is 16.5. The number of allylic oxidation sites excluding steroid dienone is 1. The Bertz CT molecular complexity index is 576. The third-order valence-electron chi connectivity index (χ3n) is 2.94. The highest BCUT2D eigenvalue weighted by Crippen LogP contribution is 2.27. The minimum atomic E-state index is -0.514. The Balaban J connectivity index is 2.38. The van der Waals surface area contributed by atoms with E-state index in [0.29, 0.717) is 24.5 Å². The molecule has 1 N–H and O–H groups in total. The van der Waals surface area contributed by atoms with E-state index < -0.39 is 5.97 Å². The molecule has 0 aliphatic heterocycles. The van der Waals surface area contributed by atoms with Crippen LogP contribution in [0.25, 0.3) is 0 Å². The van der Waals surface area contributed by atoms with Crippen molar-refractivity contribution in [3.63, 3.8) is 0 Å². The van der Waals surface area contributed by atoms with Crippen molar-refractivity contribution in [3.05, 3.63) is 35.4 Å². The first-order valence-electron chi connectivity index (χ1n) is 7.25. The topological polar surface area (TPSA) is 73.9 Å². The molecule has 0 aliphatic rings. The molecule has 23 heavy (non-hydrogen) atoms. The Hall–Kier alpha value is -2.50. The Kier molecular flexibility index (Phi) is 7.66. The number of esters is 1. The number of hydrogen-bond donors (Lipinski definition) is 1. The number of methoxy groups -OCH3 is 2. The molecule has 0 aromatic heterocycles. The zero-order valence-electron chi connectivity index (χ0n) is 14.0. The summed E-state index contributed by atoms with van der Waals surface area (Å²) in [6.07, 6.45) is 1.98. The van der Waals surface area contributed by atoms with Crippen LogP contribution in [0, 0.1) is 0 Å². The molecule has 0 bridgehead atoms. The van der Waals surface area contributed by atoms with Gasteiger partial charge in [-0.2, -0.15) is 0 Å². The summed E-state index contributed by atoms with van der Waals surface area (Å²) >= 11 is 0. The van der Waals surface area contributed by atoms with E-state index in [2.05, 4.69) is 5.32 Å². The number of ether oxygens (including phenoxy) is 3. The molecule has 0 atom stereocenters. The molecule has 0 radical (unpaired) electrons. The van der Waals surface area contributed by atoms with E-state index in [-0.39, 0.29) is 12.5 Å². The maximum atomic E-state index is 11.6. The molecule has 0 saturated carbocycles. The predicted molar refractivity (Wildman–Crippen MR) is 86.6 cm³/mol. The third-order valence-corrected chi connectivity index (χ3v) is 2.94. The van der Waals surface area contributed by atoms with E-state index >= 15 is 0 Å². The molecule has 6 nitrogen and oxygen atoms in total. The smallest absolute Gasteiger partial charge is 0.331 e. The van der Waals surface area contributed by atoms with Crippen LogP contribution in [-0.2, 0) is 20.7 Å². The summed E-state index contributed by atoms with van der Waals surface area (Å²) in [5, 5.41) is 2.70. The number of hydrogen-bond acceptors (Lipinski definition) is 5. The first kappa shape index (κ1) is 18.5. The van der Waals surface area contributed by atoms with Gasteiger partial charge in [0.1, 0.15) is 0 Å². The number of carbonyl (C=O) groups is 2. The molecule has 0 aliphatic carbocycles. The van der Waals surface area contributed by atoms with E-state index in [0.717, 1.165) is 11.1 Å². The van der Waals surface area contributed by atoms with Gasteiger partial charge in [-0.1, -0.05) is 11.6 Å². The van der Waals surface area contributed by atoms with Crippen LogP contribution < -0.4 is 14.8 Å². The van der Waals surface area contributed by atoms with Gasteiger partial charge in [0, 0.05) is 12.6 Å². The maximum absolute atomic E-state index is 11.6. The summed E-state index contributed by atoms with van der Waals surface area (Å²) in [5.41, 5.74) is 1.83. The molecule has 1 amide bonds. The average molecular weight is 321 g/mol. The molecule has 0 fully saturated rings. The number of amides is 1. The van der Waals surface area contributed by atoms with Crippen LogP contribution in [-0.4, -0.2) is 39.2 Å². The van der Waals surface area contributed by atoms with Crippen LogP contribution in [0.2, 0.25) is 0 Å². The minimum absolute atomic E-state index is 0.283. The van der Waals surface area contributed by atoms with Crippen molar-refractivity contribution in [1.82, 2.24) is 5.32 Å². The highest BCUT2D eigenvalue weighted by Gasteiger charge is 2.07. The quantitative estimate of drug-likeness (QED) is 0.584. The fourth-order valence-corrected chi connectivity index (χ4v) is 1.85. The summed E-state index contributed by atoms with van der Waals surface area (Å²) < 4.78 is 15.2. The van der Waals surface area contributed by atoms with Crippen LogP contribution >= 0.6 is 0 Å². The van der Waals surface area contributed by atoms with Crippen LogP contribution in [0.1, 0.15) is 19.4 Å². The van der Waals surface area contributed by atoms with Gasteiger partial charge in [0.2, 0.25) is 0 Å². The summed E-state index contributed by atoms with van der Waals surface area (Å²) in [4.78, 5) is 22.9. The second-order valence-corrected chi connectivity index (χ2v) is 5.12. The van der Waals surface area contributed by atoms with Crippen molar-refractivity contribution in [2.75, 3.05) is 27.4 Å². The lowest BCUT2D eigenvalue weighted by Crippen LogP contribution is -2.30. The summed E-state index contributed by atoms with van der Waals surface area (Å²) in [6, 6.07) is 5.58. The van der Waals surface area contributed by atoms with Gasteiger partial charge in [-0.05, 0) is 38.0 Å². The van der Waals surface area contributed by atoms with Crippen LogP contribution in [0.3, 0.4) is 0 Å². The minimum Gasteiger partial charge on any atom is -0.493 e. The van der Waals surface area contributed by atoms with Gasteiger partial charge in [0.05, 0.1) is 14.2 Å². The summed E-state index contributed by atoms with van der Waals surface area (Å²) in [7, 11) is 3.15. The fraction of sp³-hybridized carbons (Fsp3) is 0.412. The lowest BCUT2D eigenvalue weighted by atomic mass is 10.1. The maximum Gasteiger partial charge on any atom is 0.331 e. The first-order chi connectivity index (χ1) is 11.0.